The smallest absolute Gasteiger partial charge is 0.228 e. The van der Waals surface area contributed by atoms with E-state index in [4.69, 9.17) is 0 Å². The van der Waals surface area contributed by atoms with Gasteiger partial charge in [0.25, 0.3) is 0 Å². The maximum absolute atomic E-state index is 11.7. The van der Waals surface area contributed by atoms with Crippen molar-refractivity contribution in [2.24, 2.45) is 5.41 Å². The molecule has 0 aromatic carbocycles. The third-order valence-electron chi connectivity index (χ3n) is 2.97. The van der Waals surface area contributed by atoms with Gasteiger partial charge in [-0.1, -0.05) is 6.92 Å². The highest BCUT2D eigenvalue weighted by molar-refractivity contribution is 5.84. The third-order valence-corrected chi connectivity index (χ3v) is 2.97. The Labute approximate surface area is 80.7 Å². The van der Waals surface area contributed by atoms with Crippen LogP contribution in [0.2, 0.25) is 0 Å². The summed E-state index contributed by atoms with van der Waals surface area (Å²) in [6, 6.07) is 0. The van der Waals surface area contributed by atoms with E-state index in [0.717, 1.165) is 25.9 Å². The second-order valence-corrected chi connectivity index (χ2v) is 4.59. The predicted octanol–water partition coefficient (Wildman–Crippen LogP) is 0.806. The highest BCUT2D eigenvalue weighted by atomic mass is 16.2. The second kappa shape index (κ2) is 3.66. The summed E-state index contributed by atoms with van der Waals surface area (Å²) in [7, 11) is 5.99. The second-order valence-electron chi connectivity index (χ2n) is 4.59. The number of nitrogens with zero attached hydrogens (tertiary/aromatic N) is 2. The van der Waals surface area contributed by atoms with E-state index < -0.39 is 0 Å². The first kappa shape index (κ1) is 10.5. The Balaban J connectivity index is 2.52. The number of likely N-dealkylation sites (tertiary alicyclic amines) is 1. The Bertz CT molecular complexity index is 203. The molecular weight excluding hydrogens is 164 g/mol. The molecule has 0 aliphatic carbocycles. The van der Waals surface area contributed by atoms with Crippen molar-refractivity contribution in [3.8, 4) is 0 Å². The first-order valence-corrected chi connectivity index (χ1v) is 4.86. The molecule has 0 N–H and O–H groups in total. The molecule has 1 fully saturated rings. The van der Waals surface area contributed by atoms with Gasteiger partial charge in [-0.25, -0.2) is 0 Å². The van der Waals surface area contributed by atoms with Gasteiger partial charge in [0.05, 0.1) is 0 Å². The molecule has 76 valence electrons. The Morgan fingerprint density at radius 2 is 2.15 bits per heavy atom. The zero-order chi connectivity index (χ0) is 10.1. The molecule has 0 saturated carbocycles. The van der Waals surface area contributed by atoms with Crippen molar-refractivity contribution in [3.63, 3.8) is 0 Å². The highest BCUT2D eigenvalue weighted by Crippen LogP contribution is 2.33. The fourth-order valence-electron chi connectivity index (χ4n) is 1.79. The molecule has 3 heteroatoms. The van der Waals surface area contributed by atoms with E-state index in [1.165, 1.54) is 0 Å². The van der Waals surface area contributed by atoms with Crippen LogP contribution in [0.3, 0.4) is 0 Å². The SMILES string of the molecule is CN(C)CCC1(C)CCN(C)C1=O. The van der Waals surface area contributed by atoms with Gasteiger partial charge < -0.3 is 9.80 Å². The van der Waals surface area contributed by atoms with Crippen LogP contribution in [0.15, 0.2) is 0 Å². The molecule has 1 atom stereocenters. The summed E-state index contributed by atoms with van der Waals surface area (Å²) >= 11 is 0. The van der Waals surface area contributed by atoms with Crippen LogP contribution in [-0.2, 0) is 4.79 Å². The number of carbonyl (C=O) groups excluding carboxylic acids is 1. The fraction of sp³-hybridized carbons (Fsp3) is 0.900. The first-order valence-electron chi connectivity index (χ1n) is 4.86. The summed E-state index contributed by atoms with van der Waals surface area (Å²) < 4.78 is 0. The molecule has 1 heterocycles. The van der Waals surface area contributed by atoms with E-state index >= 15 is 0 Å². The molecule has 0 spiro atoms. The van der Waals surface area contributed by atoms with Gasteiger partial charge in [0.15, 0.2) is 0 Å². The van der Waals surface area contributed by atoms with Crippen LogP contribution in [0.5, 0.6) is 0 Å². The van der Waals surface area contributed by atoms with E-state index in [0.29, 0.717) is 5.91 Å². The molecule has 1 unspecified atom stereocenters. The van der Waals surface area contributed by atoms with Gasteiger partial charge in [0.1, 0.15) is 0 Å². The molecule has 1 aliphatic heterocycles. The van der Waals surface area contributed by atoms with Crippen molar-refractivity contribution in [1.29, 1.82) is 0 Å². The lowest BCUT2D eigenvalue weighted by atomic mass is 9.85. The lowest BCUT2D eigenvalue weighted by Crippen LogP contribution is -2.32. The molecule has 1 amide bonds. The zero-order valence-corrected chi connectivity index (χ0v) is 9.13. The van der Waals surface area contributed by atoms with E-state index in [-0.39, 0.29) is 5.41 Å². The average Bonchev–Trinajstić information content (AvgIpc) is 2.31. The Morgan fingerprint density at radius 1 is 1.54 bits per heavy atom. The van der Waals surface area contributed by atoms with E-state index in [2.05, 4.69) is 11.8 Å². The van der Waals surface area contributed by atoms with Gasteiger partial charge in [-0.15, -0.1) is 0 Å². The van der Waals surface area contributed by atoms with Crippen LogP contribution >= 0.6 is 0 Å². The minimum atomic E-state index is -0.0982. The molecule has 3 nitrogen and oxygen atoms in total. The fourth-order valence-corrected chi connectivity index (χ4v) is 1.79. The highest BCUT2D eigenvalue weighted by Gasteiger charge is 2.40. The van der Waals surface area contributed by atoms with E-state index in [1.807, 2.05) is 26.0 Å². The third kappa shape index (κ3) is 2.21. The Hall–Kier alpha value is -0.570. The maximum Gasteiger partial charge on any atom is 0.228 e. The van der Waals surface area contributed by atoms with Gasteiger partial charge in [-0.2, -0.15) is 0 Å². The molecular formula is C10H20N2O. The summed E-state index contributed by atoms with van der Waals surface area (Å²) in [6.07, 6.45) is 1.99. The molecule has 1 rings (SSSR count). The van der Waals surface area contributed by atoms with Crippen LogP contribution in [0.25, 0.3) is 0 Å². The normalized spacial score (nSPS) is 29.0. The van der Waals surface area contributed by atoms with E-state index in [9.17, 15) is 4.79 Å². The molecule has 13 heavy (non-hydrogen) atoms. The van der Waals surface area contributed by atoms with Gasteiger partial charge in [-0.05, 0) is 33.5 Å². The van der Waals surface area contributed by atoms with Crippen molar-refractivity contribution >= 4 is 5.91 Å². The molecule has 1 saturated heterocycles. The molecule has 0 aromatic rings. The van der Waals surface area contributed by atoms with Crippen LogP contribution in [0.1, 0.15) is 19.8 Å². The van der Waals surface area contributed by atoms with Crippen LogP contribution in [0.4, 0.5) is 0 Å². The van der Waals surface area contributed by atoms with Crippen molar-refractivity contribution in [2.75, 3.05) is 34.2 Å². The van der Waals surface area contributed by atoms with Crippen LogP contribution < -0.4 is 0 Å². The minimum Gasteiger partial charge on any atom is -0.345 e. The van der Waals surface area contributed by atoms with E-state index in [1.54, 1.807) is 0 Å². The Kier molecular flexibility index (Phi) is 2.96. The molecule has 1 aliphatic rings. The molecule has 0 bridgehead atoms. The van der Waals surface area contributed by atoms with Gasteiger partial charge in [0, 0.05) is 19.0 Å². The predicted molar refractivity (Wildman–Crippen MR) is 53.5 cm³/mol. The van der Waals surface area contributed by atoms with Gasteiger partial charge in [-0.3, -0.25) is 4.79 Å². The number of carbonyl (C=O) groups is 1. The minimum absolute atomic E-state index is 0.0982. The summed E-state index contributed by atoms with van der Waals surface area (Å²) in [6.45, 7) is 4.00. The lowest BCUT2D eigenvalue weighted by molar-refractivity contribution is -0.134. The van der Waals surface area contributed by atoms with Gasteiger partial charge >= 0.3 is 0 Å². The first-order chi connectivity index (χ1) is 5.96. The zero-order valence-electron chi connectivity index (χ0n) is 9.13. The van der Waals surface area contributed by atoms with Crippen LogP contribution in [0, 0.1) is 5.41 Å². The summed E-state index contributed by atoms with van der Waals surface area (Å²) in [5.74, 6) is 0.314. The van der Waals surface area contributed by atoms with Crippen molar-refractivity contribution in [3.05, 3.63) is 0 Å². The lowest BCUT2D eigenvalue weighted by Gasteiger charge is -2.23. The van der Waals surface area contributed by atoms with Crippen molar-refractivity contribution in [1.82, 2.24) is 9.80 Å². The van der Waals surface area contributed by atoms with Crippen molar-refractivity contribution < 1.29 is 4.79 Å². The number of hydrogen-bond donors (Lipinski definition) is 0. The quantitative estimate of drug-likeness (QED) is 0.648. The number of amides is 1. The largest absolute Gasteiger partial charge is 0.345 e. The summed E-state index contributed by atoms with van der Waals surface area (Å²) in [5.41, 5.74) is -0.0982. The summed E-state index contributed by atoms with van der Waals surface area (Å²) in [4.78, 5) is 15.7. The topological polar surface area (TPSA) is 23.6 Å². The van der Waals surface area contributed by atoms with Crippen LogP contribution in [-0.4, -0.2) is 49.9 Å². The monoisotopic (exact) mass is 184 g/mol. The molecule has 0 radical (unpaired) electrons. The number of hydrogen-bond acceptors (Lipinski definition) is 2. The Morgan fingerprint density at radius 3 is 2.54 bits per heavy atom. The maximum atomic E-state index is 11.7. The van der Waals surface area contributed by atoms with Gasteiger partial charge in [0.2, 0.25) is 5.91 Å². The standard InChI is InChI=1S/C10H20N2O/c1-10(5-7-11(2)3)6-8-12(4)9(10)13/h5-8H2,1-4H3. The average molecular weight is 184 g/mol. The van der Waals surface area contributed by atoms with Crippen molar-refractivity contribution in [2.45, 2.75) is 19.8 Å². The summed E-state index contributed by atoms with van der Waals surface area (Å²) in [5, 5.41) is 0. The molecule has 0 aromatic heterocycles. The number of rotatable bonds is 3.